The maximum absolute atomic E-state index is 9.71. The molecule has 1 unspecified atom stereocenters. The fourth-order valence-corrected chi connectivity index (χ4v) is 2.00. The second-order valence-corrected chi connectivity index (χ2v) is 6.08. The normalized spacial score (nSPS) is 13.3. The van der Waals surface area contributed by atoms with Gasteiger partial charge in [-0.25, -0.2) is 0 Å². The van der Waals surface area contributed by atoms with Gasteiger partial charge in [0.15, 0.2) is 0 Å². The molecule has 0 saturated heterocycles. The summed E-state index contributed by atoms with van der Waals surface area (Å²) in [5.74, 6) is 0.874. The van der Waals surface area contributed by atoms with E-state index < -0.39 is 6.10 Å². The third-order valence-corrected chi connectivity index (χ3v) is 3.37. The van der Waals surface area contributed by atoms with Crippen LogP contribution in [-0.4, -0.2) is 41.2 Å². The van der Waals surface area contributed by atoms with E-state index in [0.717, 1.165) is 10.1 Å². The van der Waals surface area contributed by atoms with Crippen LogP contribution < -0.4 is 5.32 Å². The highest BCUT2D eigenvalue weighted by Crippen LogP contribution is 2.22. The number of hydrogen-bond donors (Lipinski definition) is 2. The van der Waals surface area contributed by atoms with Crippen molar-refractivity contribution in [3.63, 3.8) is 0 Å². The lowest BCUT2D eigenvalue weighted by Gasteiger charge is -2.12. The van der Waals surface area contributed by atoms with Crippen LogP contribution in [0.2, 0.25) is 0 Å². The molecule has 0 aliphatic heterocycles. The molecule has 1 heterocycles. The molecule has 1 aromatic rings. The summed E-state index contributed by atoms with van der Waals surface area (Å²) in [5.41, 5.74) is 0. The Kier molecular flexibility index (Phi) is 6.52. The molecule has 0 aliphatic carbocycles. The first kappa shape index (κ1) is 15.3. The van der Waals surface area contributed by atoms with Crippen LogP contribution in [0.1, 0.15) is 38.6 Å². The predicted molar refractivity (Wildman–Crippen MR) is 74.2 cm³/mol. The van der Waals surface area contributed by atoms with Crippen LogP contribution in [0.5, 0.6) is 0 Å². The number of hydrogen-bond acceptors (Lipinski definition) is 6. The Hall–Kier alpha value is -0.720. The maximum Gasteiger partial charge on any atom is 0.205 e. The smallest absolute Gasteiger partial charge is 0.205 e. The van der Waals surface area contributed by atoms with E-state index in [0.29, 0.717) is 31.6 Å². The summed E-state index contributed by atoms with van der Waals surface area (Å²) in [6.07, 6.45) is -0.518. The van der Waals surface area contributed by atoms with Gasteiger partial charge in [0.1, 0.15) is 5.01 Å². The van der Waals surface area contributed by atoms with Crippen molar-refractivity contribution in [3.05, 3.63) is 5.01 Å². The average molecular weight is 273 g/mol. The molecule has 0 aromatic carbocycles. The molecule has 2 N–H and O–H groups in total. The van der Waals surface area contributed by atoms with Gasteiger partial charge < -0.3 is 15.2 Å². The Morgan fingerprint density at radius 2 is 1.94 bits per heavy atom. The van der Waals surface area contributed by atoms with Crippen molar-refractivity contribution in [1.82, 2.24) is 10.2 Å². The van der Waals surface area contributed by atoms with Gasteiger partial charge in [-0.15, -0.1) is 10.2 Å². The van der Waals surface area contributed by atoms with Gasteiger partial charge in [0, 0.05) is 19.1 Å². The molecule has 0 aliphatic rings. The molecule has 0 amide bonds. The summed E-state index contributed by atoms with van der Waals surface area (Å²) in [7, 11) is 0. The molecule has 0 fully saturated rings. The van der Waals surface area contributed by atoms with Gasteiger partial charge in [0.05, 0.1) is 12.7 Å². The third kappa shape index (κ3) is 5.75. The van der Waals surface area contributed by atoms with E-state index in [1.165, 1.54) is 11.3 Å². The predicted octanol–water partition coefficient (Wildman–Crippen LogP) is 2.11. The second kappa shape index (κ2) is 7.66. The monoisotopic (exact) mass is 273 g/mol. The first-order chi connectivity index (χ1) is 8.49. The lowest BCUT2D eigenvalue weighted by atomic mass is 10.2. The molecule has 18 heavy (non-hydrogen) atoms. The van der Waals surface area contributed by atoms with Crippen molar-refractivity contribution in [2.24, 2.45) is 5.92 Å². The second-order valence-electron chi connectivity index (χ2n) is 5.07. The van der Waals surface area contributed by atoms with Crippen molar-refractivity contribution in [2.45, 2.75) is 39.7 Å². The molecule has 5 nitrogen and oxygen atoms in total. The zero-order chi connectivity index (χ0) is 13.5. The van der Waals surface area contributed by atoms with Gasteiger partial charge in [0.2, 0.25) is 5.13 Å². The van der Waals surface area contributed by atoms with E-state index in [-0.39, 0.29) is 0 Å². The molecule has 104 valence electrons. The number of aliphatic hydroxyl groups excluding tert-OH is 1. The number of rotatable bonds is 8. The van der Waals surface area contributed by atoms with Gasteiger partial charge in [-0.3, -0.25) is 0 Å². The summed E-state index contributed by atoms with van der Waals surface area (Å²) >= 11 is 1.53. The lowest BCUT2D eigenvalue weighted by molar-refractivity contribution is 0.0318. The largest absolute Gasteiger partial charge is 0.389 e. The SMILES string of the molecule is CC(C)COCC(O)CNc1nnc(C(C)C)s1. The van der Waals surface area contributed by atoms with Crippen LogP contribution in [0.3, 0.4) is 0 Å². The topological polar surface area (TPSA) is 67.3 Å². The summed E-state index contributed by atoms with van der Waals surface area (Å²) in [4.78, 5) is 0. The van der Waals surface area contributed by atoms with Crippen LogP contribution in [0.15, 0.2) is 0 Å². The number of aromatic nitrogens is 2. The van der Waals surface area contributed by atoms with Crippen molar-refractivity contribution >= 4 is 16.5 Å². The molecule has 0 saturated carbocycles. The van der Waals surface area contributed by atoms with Gasteiger partial charge in [-0.1, -0.05) is 39.0 Å². The van der Waals surface area contributed by atoms with Gasteiger partial charge in [-0.05, 0) is 5.92 Å². The highest BCUT2D eigenvalue weighted by molar-refractivity contribution is 7.15. The van der Waals surface area contributed by atoms with Crippen LogP contribution in [-0.2, 0) is 4.74 Å². The molecule has 0 bridgehead atoms. The summed E-state index contributed by atoms with van der Waals surface area (Å²) < 4.78 is 5.37. The standard InChI is InChI=1S/C12H23N3O2S/c1-8(2)6-17-7-10(16)5-13-12-15-14-11(18-12)9(3)4/h8-10,16H,5-7H2,1-4H3,(H,13,15). The number of nitrogens with zero attached hydrogens (tertiary/aromatic N) is 2. The van der Waals surface area contributed by atoms with Crippen LogP contribution in [0.4, 0.5) is 5.13 Å². The van der Waals surface area contributed by atoms with Crippen LogP contribution in [0, 0.1) is 5.92 Å². The van der Waals surface area contributed by atoms with E-state index in [2.05, 4.69) is 43.2 Å². The fraction of sp³-hybridized carbons (Fsp3) is 0.833. The Labute approximate surface area is 113 Å². The van der Waals surface area contributed by atoms with Crippen molar-refractivity contribution in [1.29, 1.82) is 0 Å². The molecule has 1 aromatic heterocycles. The molecule has 6 heteroatoms. The minimum atomic E-state index is -0.518. The van der Waals surface area contributed by atoms with E-state index in [4.69, 9.17) is 4.74 Å². The number of anilines is 1. The molecule has 0 radical (unpaired) electrons. The molecule has 1 rings (SSSR count). The van der Waals surface area contributed by atoms with Gasteiger partial charge in [-0.2, -0.15) is 0 Å². The third-order valence-electron chi connectivity index (χ3n) is 2.18. The molecular formula is C12H23N3O2S. The molecule has 1 atom stereocenters. The minimum absolute atomic E-state index is 0.348. The fourth-order valence-electron chi connectivity index (χ4n) is 1.24. The van der Waals surface area contributed by atoms with E-state index in [9.17, 15) is 5.11 Å². The van der Waals surface area contributed by atoms with Crippen LogP contribution in [0.25, 0.3) is 0 Å². The minimum Gasteiger partial charge on any atom is -0.389 e. The highest BCUT2D eigenvalue weighted by atomic mass is 32.1. The maximum atomic E-state index is 9.71. The zero-order valence-corrected chi connectivity index (χ0v) is 12.3. The molecule has 0 spiro atoms. The van der Waals surface area contributed by atoms with Crippen LogP contribution >= 0.6 is 11.3 Å². The van der Waals surface area contributed by atoms with E-state index >= 15 is 0 Å². The zero-order valence-electron chi connectivity index (χ0n) is 11.5. The average Bonchev–Trinajstić information content (AvgIpc) is 2.74. The van der Waals surface area contributed by atoms with E-state index in [1.807, 2.05) is 0 Å². The van der Waals surface area contributed by atoms with Gasteiger partial charge >= 0.3 is 0 Å². The van der Waals surface area contributed by atoms with Crippen molar-refractivity contribution in [3.8, 4) is 0 Å². The Morgan fingerprint density at radius 1 is 1.22 bits per heavy atom. The quantitative estimate of drug-likeness (QED) is 0.759. The Morgan fingerprint density at radius 3 is 2.50 bits per heavy atom. The Balaban J connectivity index is 2.22. The lowest BCUT2D eigenvalue weighted by Crippen LogP contribution is -2.25. The van der Waals surface area contributed by atoms with Crippen molar-refractivity contribution < 1.29 is 9.84 Å². The number of nitrogens with one attached hydrogen (secondary N) is 1. The Bertz CT molecular complexity index is 342. The van der Waals surface area contributed by atoms with Crippen molar-refractivity contribution in [2.75, 3.05) is 25.1 Å². The molecular weight excluding hydrogens is 250 g/mol. The summed E-state index contributed by atoms with van der Waals surface area (Å²) in [5, 5.41) is 22.6. The highest BCUT2D eigenvalue weighted by Gasteiger charge is 2.09. The number of aliphatic hydroxyl groups is 1. The first-order valence-corrected chi connectivity index (χ1v) is 7.13. The van der Waals surface area contributed by atoms with Gasteiger partial charge in [0.25, 0.3) is 0 Å². The number of ether oxygens (including phenoxy) is 1. The summed E-state index contributed by atoms with van der Waals surface area (Å²) in [6, 6.07) is 0. The van der Waals surface area contributed by atoms with E-state index in [1.54, 1.807) is 0 Å². The first-order valence-electron chi connectivity index (χ1n) is 6.32. The summed E-state index contributed by atoms with van der Waals surface area (Å²) in [6.45, 7) is 9.79.